The average molecular weight is 362 g/mol. The Morgan fingerprint density at radius 2 is 1.52 bits per heavy atom. The molecule has 0 atom stereocenters. The van der Waals surface area contributed by atoms with E-state index >= 15 is 0 Å². The van der Waals surface area contributed by atoms with Crippen LogP contribution in [0, 0.1) is 0 Å². The molecule has 0 saturated carbocycles. The topological polar surface area (TPSA) is 29.0 Å². The highest BCUT2D eigenvalue weighted by atomic mass is 35.5. The molecule has 2 aromatic carbocycles. The van der Waals surface area contributed by atoms with Crippen LogP contribution in [0.2, 0.25) is 10.0 Å². The van der Waals surface area contributed by atoms with Crippen molar-refractivity contribution in [1.82, 2.24) is 4.57 Å². The number of anilines is 2. The van der Waals surface area contributed by atoms with Crippen molar-refractivity contribution in [2.75, 3.05) is 10.6 Å². The fraction of sp³-hybridized carbons (Fsp3) is 0. The minimum atomic E-state index is 0.461. The van der Waals surface area contributed by atoms with Crippen LogP contribution in [0.25, 0.3) is 5.69 Å². The number of hydrogen-bond donors (Lipinski definition) is 2. The predicted molar refractivity (Wildman–Crippen MR) is 102 cm³/mol. The Bertz CT molecular complexity index is 811. The van der Waals surface area contributed by atoms with Crippen molar-refractivity contribution in [3.8, 4) is 5.69 Å². The molecule has 116 valence electrons. The van der Waals surface area contributed by atoms with Gasteiger partial charge in [-0.3, -0.25) is 0 Å². The molecule has 0 bridgehead atoms. The molecule has 0 radical (unpaired) electrons. The zero-order valence-corrected chi connectivity index (χ0v) is 14.3. The highest BCUT2D eigenvalue weighted by molar-refractivity contribution is 7.80. The number of nitrogens with zero attached hydrogens (tertiary/aromatic N) is 1. The van der Waals surface area contributed by atoms with E-state index in [-0.39, 0.29) is 0 Å². The maximum atomic E-state index is 6.00. The summed E-state index contributed by atoms with van der Waals surface area (Å²) in [4.78, 5) is 0. The fourth-order valence-corrected chi connectivity index (χ4v) is 2.96. The van der Waals surface area contributed by atoms with Gasteiger partial charge in [-0.2, -0.15) is 0 Å². The van der Waals surface area contributed by atoms with Gasteiger partial charge in [-0.05, 0) is 54.7 Å². The van der Waals surface area contributed by atoms with Gasteiger partial charge in [0.05, 0.1) is 11.4 Å². The van der Waals surface area contributed by atoms with E-state index in [1.54, 1.807) is 18.2 Å². The second kappa shape index (κ2) is 7.04. The largest absolute Gasteiger partial charge is 0.332 e. The Morgan fingerprint density at radius 3 is 2.22 bits per heavy atom. The third-order valence-electron chi connectivity index (χ3n) is 3.16. The standard InChI is InChI=1S/C17H13Cl2N3S/c18-12-9-13(19)11-14(10-12)20-17(23)21-15-5-1-2-6-16(15)22-7-3-4-8-22/h1-11H,(H2,20,21,23). The van der Waals surface area contributed by atoms with E-state index in [1.165, 1.54) is 0 Å². The number of aromatic nitrogens is 1. The van der Waals surface area contributed by atoms with E-state index in [0.717, 1.165) is 17.1 Å². The van der Waals surface area contributed by atoms with Crippen molar-refractivity contribution in [3.05, 3.63) is 77.0 Å². The Balaban J connectivity index is 1.78. The number of nitrogens with one attached hydrogen (secondary N) is 2. The lowest BCUT2D eigenvalue weighted by Gasteiger charge is -2.15. The summed E-state index contributed by atoms with van der Waals surface area (Å²) in [5.74, 6) is 0. The molecule has 0 fully saturated rings. The van der Waals surface area contributed by atoms with Gasteiger partial charge in [0.25, 0.3) is 0 Å². The zero-order chi connectivity index (χ0) is 16.2. The minimum Gasteiger partial charge on any atom is -0.332 e. The first-order valence-corrected chi connectivity index (χ1v) is 8.05. The molecule has 1 aromatic heterocycles. The molecule has 1 heterocycles. The monoisotopic (exact) mass is 361 g/mol. The Labute approximate surface area is 149 Å². The Hall–Kier alpha value is -2.01. The van der Waals surface area contributed by atoms with E-state index in [9.17, 15) is 0 Å². The van der Waals surface area contributed by atoms with Crippen LogP contribution in [0.4, 0.5) is 11.4 Å². The molecule has 6 heteroatoms. The van der Waals surface area contributed by atoms with Gasteiger partial charge in [0.2, 0.25) is 0 Å². The van der Waals surface area contributed by atoms with Crippen molar-refractivity contribution in [2.24, 2.45) is 0 Å². The fourth-order valence-electron chi connectivity index (χ4n) is 2.21. The number of hydrogen-bond acceptors (Lipinski definition) is 1. The average Bonchev–Trinajstić information content (AvgIpc) is 3.00. The van der Waals surface area contributed by atoms with Gasteiger partial charge < -0.3 is 15.2 Å². The summed E-state index contributed by atoms with van der Waals surface area (Å²) >= 11 is 17.4. The van der Waals surface area contributed by atoms with Gasteiger partial charge in [0, 0.05) is 28.1 Å². The van der Waals surface area contributed by atoms with Crippen molar-refractivity contribution in [2.45, 2.75) is 0 Å². The number of benzene rings is 2. The molecule has 0 aliphatic carbocycles. The van der Waals surface area contributed by atoms with Gasteiger partial charge in [-0.1, -0.05) is 35.3 Å². The molecule has 0 spiro atoms. The molecule has 3 nitrogen and oxygen atoms in total. The van der Waals surface area contributed by atoms with Crippen molar-refractivity contribution in [1.29, 1.82) is 0 Å². The molecule has 3 rings (SSSR count). The second-order valence-corrected chi connectivity index (χ2v) is 6.13. The van der Waals surface area contributed by atoms with Gasteiger partial charge in [0.15, 0.2) is 5.11 Å². The van der Waals surface area contributed by atoms with E-state index in [4.69, 9.17) is 35.4 Å². The van der Waals surface area contributed by atoms with Gasteiger partial charge in [-0.25, -0.2) is 0 Å². The first-order valence-electron chi connectivity index (χ1n) is 6.88. The van der Waals surface area contributed by atoms with Crippen LogP contribution >= 0.6 is 35.4 Å². The quantitative estimate of drug-likeness (QED) is 0.595. The molecule has 0 aliphatic rings. The van der Waals surface area contributed by atoms with Crippen molar-refractivity contribution < 1.29 is 0 Å². The summed E-state index contributed by atoms with van der Waals surface area (Å²) in [6.45, 7) is 0. The minimum absolute atomic E-state index is 0.461. The van der Waals surface area contributed by atoms with Crippen molar-refractivity contribution in [3.63, 3.8) is 0 Å². The predicted octanol–water partition coefficient (Wildman–Crippen LogP) is 5.59. The van der Waals surface area contributed by atoms with Crippen LogP contribution in [0.3, 0.4) is 0 Å². The zero-order valence-electron chi connectivity index (χ0n) is 12.0. The molecule has 0 unspecified atom stereocenters. The molecule has 2 N–H and O–H groups in total. The number of rotatable bonds is 3. The van der Waals surface area contributed by atoms with Crippen LogP contribution in [0.5, 0.6) is 0 Å². The van der Waals surface area contributed by atoms with Crippen LogP contribution in [0.1, 0.15) is 0 Å². The van der Waals surface area contributed by atoms with Crippen LogP contribution in [0.15, 0.2) is 67.0 Å². The molecular weight excluding hydrogens is 349 g/mol. The number of para-hydroxylation sites is 2. The Morgan fingerprint density at radius 1 is 0.870 bits per heavy atom. The summed E-state index contributed by atoms with van der Waals surface area (Å²) in [6.07, 6.45) is 3.96. The van der Waals surface area contributed by atoms with Crippen LogP contribution < -0.4 is 10.6 Å². The SMILES string of the molecule is S=C(Nc1cc(Cl)cc(Cl)c1)Nc1ccccc1-n1cccc1. The maximum Gasteiger partial charge on any atom is 0.175 e. The van der Waals surface area contributed by atoms with Crippen LogP contribution in [-0.4, -0.2) is 9.68 Å². The van der Waals surface area contributed by atoms with Crippen LogP contribution in [-0.2, 0) is 0 Å². The normalized spacial score (nSPS) is 10.3. The van der Waals surface area contributed by atoms with E-state index in [2.05, 4.69) is 10.6 Å². The molecule has 0 amide bonds. The van der Waals surface area contributed by atoms with E-state index < -0.39 is 0 Å². The lowest BCUT2D eigenvalue weighted by Crippen LogP contribution is -2.20. The van der Waals surface area contributed by atoms with E-state index in [1.807, 2.05) is 53.4 Å². The second-order valence-electron chi connectivity index (χ2n) is 4.84. The van der Waals surface area contributed by atoms with Crippen molar-refractivity contribution >= 4 is 51.9 Å². The van der Waals surface area contributed by atoms with Gasteiger partial charge in [-0.15, -0.1) is 0 Å². The van der Waals surface area contributed by atoms with Gasteiger partial charge >= 0.3 is 0 Å². The van der Waals surface area contributed by atoms with Gasteiger partial charge in [0.1, 0.15) is 0 Å². The molecular formula is C17H13Cl2N3S. The number of thiocarbonyl (C=S) groups is 1. The summed E-state index contributed by atoms with van der Waals surface area (Å²) in [6, 6.07) is 17.1. The Kier molecular flexibility index (Phi) is 4.86. The molecule has 23 heavy (non-hydrogen) atoms. The lowest BCUT2D eigenvalue weighted by molar-refractivity contribution is 1.08. The first kappa shape index (κ1) is 15.9. The highest BCUT2D eigenvalue weighted by Gasteiger charge is 2.06. The summed E-state index contributed by atoms with van der Waals surface area (Å²) in [7, 11) is 0. The summed E-state index contributed by atoms with van der Waals surface area (Å²) in [5, 5.41) is 7.85. The smallest absolute Gasteiger partial charge is 0.175 e. The lowest BCUT2D eigenvalue weighted by atomic mass is 10.2. The first-order chi connectivity index (χ1) is 11.1. The number of halogens is 2. The molecule has 0 saturated heterocycles. The van der Waals surface area contributed by atoms with E-state index in [0.29, 0.717) is 15.2 Å². The third kappa shape index (κ3) is 4.05. The maximum absolute atomic E-state index is 6.00. The molecule has 0 aliphatic heterocycles. The highest BCUT2D eigenvalue weighted by Crippen LogP contribution is 2.24. The third-order valence-corrected chi connectivity index (χ3v) is 3.80. The summed E-state index contributed by atoms with van der Waals surface area (Å²) in [5.41, 5.74) is 2.64. The molecule has 3 aromatic rings. The summed E-state index contributed by atoms with van der Waals surface area (Å²) < 4.78 is 2.02.